The number of rotatable bonds is 5. The topological polar surface area (TPSA) is 44.1 Å². The van der Waals surface area contributed by atoms with E-state index < -0.39 is 0 Å². The second-order valence-corrected chi connectivity index (χ2v) is 6.34. The Hall–Kier alpha value is -1.98. The summed E-state index contributed by atoms with van der Waals surface area (Å²) in [6, 6.07) is 15.7. The molecule has 0 radical (unpaired) electrons. The number of ether oxygens (including phenoxy) is 1. The number of halogens is 1. The lowest BCUT2D eigenvalue weighted by Crippen LogP contribution is -2.06. The molecule has 4 nitrogen and oxygen atoms in total. The van der Waals surface area contributed by atoms with E-state index in [2.05, 4.69) is 9.55 Å². The molecule has 0 N–H and O–H groups in total. The van der Waals surface area contributed by atoms with Gasteiger partial charge in [-0.2, -0.15) is 0 Å². The van der Waals surface area contributed by atoms with E-state index in [0.717, 1.165) is 21.8 Å². The van der Waals surface area contributed by atoms with Crippen molar-refractivity contribution >= 4 is 40.4 Å². The van der Waals surface area contributed by atoms with Crippen molar-refractivity contribution in [2.24, 2.45) is 0 Å². The fraction of sp³-hybridized carbons (Fsp3) is 0.176. The van der Waals surface area contributed by atoms with Gasteiger partial charge in [0, 0.05) is 5.02 Å². The summed E-state index contributed by atoms with van der Waals surface area (Å²) in [7, 11) is 1.39. The van der Waals surface area contributed by atoms with E-state index in [0.29, 0.717) is 11.6 Å². The third-order valence-electron chi connectivity index (χ3n) is 3.40. The molecule has 0 unspecified atom stereocenters. The number of carbonyl (C=O) groups excluding carboxylic acids is 1. The highest BCUT2D eigenvalue weighted by Crippen LogP contribution is 2.25. The van der Waals surface area contributed by atoms with Gasteiger partial charge in [-0.05, 0) is 29.8 Å². The summed E-state index contributed by atoms with van der Waals surface area (Å²) in [5.74, 6) is -0.0357. The molecule has 0 saturated heterocycles. The molecule has 0 aliphatic heterocycles. The summed E-state index contributed by atoms with van der Waals surface area (Å²) >= 11 is 7.45. The van der Waals surface area contributed by atoms with E-state index in [4.69, 9.17) is 16.3 Å². The molecule has 0 bridgehead atoms. The van der Waals surface area contributed by atoms with E-state index in [1.54, 1.807) is 0 Å². The Bertz CT molecular complexity index is 847. The van der Waals surface area contributed by atoms with Gasteiger partial charge in [-0.25, -0.2) is 4.98 Å². The summed E-state index contributed by atoms with van der Waals surface area (Å²) in [4.78, 5) is 16.0. The third kappa shape index (κ3) is 3.68. The number of hydrogen-bond acceptors (Lipinski definition) is 4. The van der Waals surface area contributed by atoms with Crippen LogP contribution in [0.1, 0.15) is 5.56 Å². The van der Waals surface area contributed by atoms with Crippen LogP contribution in [0.5, 0.6) is 0 Å². The lowest BCUT2D eigenvalue weighted by atomic mass is 10.2. The zero-order chi connectivity index (χ0) is 16.2. The lowest BCUT2D eigenvalue weighted by Gasteiger charge is -2.09. The van der Waals surface area contributed by atoms with Crippen LogP contribution >= 0.6 is 23.4 Å². The first kappa shape index (κ1) is 15.9. The number of carbonyl (C=O) groups is 1. The van der Waals surface area contributed by atoms with Gasteiger partial charge in [0.05, 0.1) is 30.4 Å². The highest BCUT2D eigenvalue weighted by atomic mass is 35.5. The number of fused-ring (bicyclic) bond motifs is 1. The van der Waals surface area contributed by atoms with Crippen LogP contribution in [-0.4, -0.2) is 28.4 Å². The van der Waals surface area contributed by atoms with Crippen molar-refractivity contribution in [1.29, 1.82) is 0 Å². The van der Waals surface area contributed by atoms with Gasteiger partial charge in [0.2, 0.25) is 0 Å². The minimum absolute atomic E-state index is 0.232. The molecule has 0 aliphatic carbocycles. The highest BCUT2D eigenvalue weighted by molar-refractivity contribution is 7.99. The highest BCUT2D eigenvalue weighted by Gasteiger charge is 2.13. The number of imidazole rings is 1. The Morgan fingerprint density at radius 1 is 1.26 bits per heavy atom. The standard InChI is InChI=1S/C17H15ClN2O2S/c1-22-16(21)11-23-17-19-14-7-2-3-8-15(14)20(17)10-12-5-4-6-13(18)9-12/h2-9H,10-11H2,1H3. The van der Waals surface area contributed by atoms with E-state index in [-0.39, 0.29) is 11.7 Å². The normalized spacial score (nSPS) is 10.9. The Morgan fingerprint density at radius 2 is 2.09 bits per heavy atom. The van der Waals surface area contributed by atoms with Gasteiger partial charge in [-0.15, -0.1) is 0 Å². The Balaban J connectivity index is 1.97. The zero-order valence-corrected chi connectivity index (χ0v) is 14.1. The first-order chi connectivity index (χ1) is 11.2. The van der Waals surface area contributed by atoms with Crippen LogP contribution < -0.4 is 0 Å². The van der Waals surface area contributed by atoms with Gasteiger partial charge >= 0.3 is 5.97 Å². The van der Waals surface area contributed by atoms with Gasteiger partial charge in [-0.3, -0.25) is 4.79 Å². The van der Waals surface area contributed by atoms with Crippen molar-refractivity contribution in [3.05, 3.63) is 59.1 Å². The molecule has 3 rings (SSSR count). The minimum atomic E-state index is -0.267. The van der Waals surface area contributed by atoms with Gasteiger partial charge in [0.25, 0.3) is 0 Å². The Kier molecular flexibility index (Phi) is 4.88. The van der Waals surface area contributed by atoms with Crippen LogP contribution in [0.2, 0.25) is 5.02 Å². The van der Waals surface area contributed by atoms with E-state index in [1.807, 2.05) is 48.5 Å². The SMILES string of the molecule is COC(=O)CSc1nc2ccccc2n1Cc1cccc(Cl)c1. The zero-order valence-electron chi connectivity index (χ0n) is 12.5. The molecule has 0 atom stereocenters. The third-order valence-corrected chi connectivity index (χ3v) is 4.58. The summed E-state index contributed by atoms with van der Waals surface area (Å²) in [5.41, 5.74) is 3.02. The second-order valence-electron chi connectivity index (χ2n) is 4.96. The number of thioether (sulfide) groups is 1. The van der Waals surface area contributed by atoms with Gasteiger partial charge < -0.3 is 9.30 Å². The Morgan fingerprint density at radius 3 is 2.87 bits per heavy atom. The maximum Gasteiger partial charge on any atom is 0.316 e. The molecule has 0 saturated carbocycles. The average Bonchev–Trinajstić information content (AvgIpc) is 2.90. The van der Waals surface area contributed by atoms with Gasteiger partial charge in [-0.1, -0.05) is 47.6 Å². The fourth-order valence-electron chi connectivity index (χ4n) is 2.32. The summed E-state index contributed by atoms with van der Waals surface area (Å²) in [5, 5.41) is 1.49. The maximum atomic E-state index is 11.4. The first-order valence-electron chi connectivity index (χ1n) is 7.06. The van der Waals surface area contributed by atoms with Crippen molar-refractivity contribution in [1.82, 2.24) is 9.55 Å². The van der Waals surface area contributed by atoms with E-state index >= 15 is 0 Å². The molecule has 6 heteroatoms. The first-order valence-corrected chi connectivity index (χ1v) is 8.43. The second kappa shape index (κ2) is 7.06. The smallest absolute Gasteiger partial charge is 0.316 e. The van der Waals surface area contributed by atoms with Crippen LogP contribution in [0, 0.1) is 0 Å². The minimum Gasteiger partial charge on any atom is -0.468 e. The Labute approximate surface area is 143 Å². The van der Waals surface area contributed by atoms with Crippen LogP contribution in [0.4, 0.5) is 0 Å². The number of nitrogens with zero attached hydrogens (tertiary/aromatic N) is 2. The molecular weight excluding hydrogens is 332 g/mol. The van der Waals surface area contributed by atoms with Crippen molar-refractivity contribution in [2.45, 2.75) is 11.7 Å². The molecule has 0 spiro atoms. The molecule has 0 aliphatic rings. The maximum absolute atomic E-state index is 11.4. The van der Waals surface area contributed by atoms with Crippen LogP contribution in [0.15, 0.2) is 53.7 Å². The van der Waals surface area contributed by atoms with Crippen LogP contribution in [-0.2, 0) is 16.1 Å². The molecule has 1 aromatic heterocycles. The van der Waals surface area contributed by atoms with Crippen molar-refractivity contribution in [3.63, 3.8) is 0 Å². The molecule has 23 heavy (non-hydrogen) atoms. The fourth-order valence-corrected chi connectivity index (χ4v) is 3.38. The van der Waals surface area contributed by atoms with Gasteiger partial charge in [0.15, 0.2) is 5.16 Å². The number of para-hydroxylation sites is 2. The van der Waals surface area contributed by atoms with E-state index in [9.17, 15) is 4.79 Å². The molecule has 2 aromatic carbocycles. The molecule has 3 aromatic rings. The predicted octanol–water partition coefficient (Wildman–Crippen LogP) is 4.00. The number of esters is 1. The summed E-state index contributed by atoms with van der Waals surface area (Å²) in [6.07, 6.45) is 0. The average molecular weight is 347 g/mol. The van der Waals surface area contributed by atoms with Crippen LogP contribution in [0.25, 0.3) is 11.0 Å². The lowest BCUT2D eigenvalue weighted by molar-refractivity contribution is -0.137. The van der Waals surface area contributed by atoms with Crippen LogP contribution in [0.3, 0.4) is 0 Å². The number of methoxy groups -OCH3 is 1. The van der Waals surface area contributed by atoms with Crippen molar-refractivity contribution < 1.29 is 9.53 Å². The van der Waals surface area contributed by atoms with Gasteiger partial charge in [0.1, 0.15) is 0 Å². The molecular formula is C17H15ClN2O2S. The number of benzene rings is 2. The monoisotopic (exact) mass is 346 g/mol. The van der Waals surface area contributed by atoms with Crippen molar-refractivity contribution in [2.75, 3.05) is 12.9 Å². The molecule has 1 heterocycles. The largest absolute Gasteiger partial charge is 0.468 e. The number of hydrogen-bond donors (Lipinski definition) is 0. The molecule has 0 amide bonds. The summed E-state index contributed by atoms with van der Waals surface area (Å²) < 4.78 is 6.80. The van der Waals surface area contributed by atoms with E-state index in [1.165, 1.54) is 18.9 Å². The molecule has 118 valence electrons. The summed E-state index contributed by atoms with van der Waals surface area (Å²) in [6.45, 7) is 0.643. The molecule has 0 fully saturated rings. The van der Waals surface area contributed by atoms with Crippen molar-refractivity contribution in [3.8, 4) is 0 Å². The quantitative estimate of drug-likeness (QED) is 0.517. The number of aromatic nitrogens is 2. The predicted molar refractivity (Wildman–Crippen MR) is 93.0 cm³/mol.